The molecule has 152 valence electrons. The van der Waals surface area contributed by atoms with E-state index in [2.05, 4.69) is 25.9 Å². The Morgan fingerprint density at radius 2 is 1.80 bits per heavy atom. The molecule has 0 aliphatic carbocycles. The average molecular weight is 457 g/mol. The topological polar surface area (TPSA) is 84.2 Å². The van der Waals surface area contributed by atoms with Crippen molar-refractivity contribution >= 4 is 51.1 Å². The van der Waals surface area contributed by atoms with E-state index in [1.54, 1.807) is 16.6 Å². The number of fused-ring (bicyclic) bond motifs is 1. The van der Waals surface area contributed by atoms with Crippen molar-refractivity contribution in [2.45, 2.75) is 19.9 Å². The number of benzene rings is 2. The monoisotopic (exact) mass is 456 g/mol. The molecule has 4 rings (SSSR count). The summed E-state index contributed by atoms with van der Waals surface area (Å²) in [5, 5.41) is 20.2. The number of carbonyl (C=O) groups is 1. The van der Waals surface area contributed by atoms with Gasteiger partial charge in [0.15, 0.2) is 10.9 Å². The Balaban J connectivity index is 1.29. The lowest BCUT2D eigenvalue weighted by Crippen LogP contribution is -2.39. The molecule has 0 fully saturated rings. The number of thiocarbonyl (C=S) groups is 1. The molecule has 7 nitrogen and oxygen atoms in total. The van der Waals surface area contributed by atoms with Gasteiger partial charge in [-0.1, -0.05) is 59.3 Å². The molecule has 2 aromatic carbocycles. The number of amides is 1. The highest BCUT2D eigenvalue weighted by Gasteiger charge is 2.10. The Kier molecular flexibility index (Phi) is 6.03. The smallest absolute Gasteiger partial charge is 0.234 e. The third-order valence-corrected chi connectivity index (χ3v) is 5.78. The summed E-state index contributed by atoms with van der Waals surface area (Å²) >= 11 is 12.6. The van der Waals surface area contributed by atoms with Crippen molar-refractivity contribution in [1.29, 1.82) is 0 Å². The van der Waals surface area contributed by atoms with Gasteiger partial charge in [-0.05, 0) is 42.4 Å². The van der Waals surface area contributed by atoms with Crippen LogP contribution in [0.5, 0.6) is 0 Å². The molecule has 2 N–H and O–H groups in total. The van der Waals surface area contributed by atoms with Crippen molar-refractivity contribution in [2.24, 2.45) is 0 Å². The normalized spacial score (nSPS) is 10.9. The van der Waals surface area contributed by atoms with E-state index in [0.29, 0.717) is 16.7 Å². The summed E-state index contributed by atoms with van der Waals surface area (Å²) in [5.74, 6) is 0.587. The quantitative estimate of drug-likeness (QED) is 0.447. The lowest BCUT2D eigenvalue weighted by atomic mass is 10.1. The minimum Gasteiger partial charge on any atom is -0.358 e. The highest BCUT2D eigenvalue weighted by Crippen LogP contribution is 2.25. The number of carbonyl (C=O) groups excluding carboxylic acids is 1. The maximum Gasteiger partial charge on any atom is 0.234 e. The number of aromatic nitrogens is 4. The van der Waals surface area contributed by atoms with Gasteiger partial charge in [0.1, 0.15) is 5.01 Å². The molecule has 30 heavy (non-hydrogen) atoms. The zero-order valence-electron chi connectivity index (χ0n) is 15.9. The van der Waals surface area contributed by atoms with Crippen molar-refractivity contribution in [1.82, 2.24) is 30.4 Å². The molecular formula is C20H17ClN6OS2. The van der Waals surface area contributed by atoms with Crippen LogP contribution in [-0.2, 0) is 17.8 Å². The first-order chi connectivity index (χ1) is 14.5. The maximum atomic E-state index is 12.1. The summed E-state index contributed by atoms with van der Waals surface area (Å²) in [6, 6.07) is 15.1. The van der Waals surface area contributed by atoms with Crippen molar-refractivity contribution in [3.63, 3.8) is 0 Å². The number of hydrogen-bond donors (Lipinski definition) is 2. The summed E-state index contributed by atoms with van der Waals surface area (Å²) < 4.78 is 1.74. The molecule has 4 aromatic rings. The third kappa shape index (κ3) is 4.81. The van der Waals surface area contributed by atoms with Crippen LogP contribution in [-0.4, -0.2) is 30.8 Å². The highest BCUT2D eigenvalue weighted by atomic mass is 35.5. The van der Waals surface area contributed by atoms with Gasteiger partial charge in [-0.2, -0.15) is 9.61 Å². The maximum absolute atomic E-state index is 12.1. The van der Waals surface area contributed by atoms with Gasteiger partial charge in [0, 0.05) is 17.1 Å². The fraction of sp³-hybridized carbons (Fsp3) is 0.150. The SMILES string of the molecule is Cc1nnc2sc(-c3ccc(CNC(=S)NC(=O)Cc4ccc(Cl)cc4)cc3)nn12. The van der Waals surface area contributed by atoms with E-state index in [0.717, 1.165) is 32.5 Å². The molecule has 0 atom stereocenters. The Bertz CT molecular complexity index is 1200. The predicted molar refractivity (Wildman–Crippen MR) is 122 cm³/mol. The van der Waals surface area contributed by atoms with E-state index in [-0.39, 0.29) is 12.3 Å². The summed E-state index contributed by atoms with van der Waals surface area (Å²) in [5.41, 5.74) is 2.91. The second-order valence-electron chi connectivity index (χ2n) is 6.58. The molecular weight excluding hydrogens is 440 g/mol. The molecule has 0 saturated heterocycles. The first-order valence-corrected chi connectivity index (χ1v) is 10.7. The molecule has 10 heteroatoms. The van der Waals surface area contributed by atoms with Crippen molar-refractivity contribution in [3.8, 4) is 10.6 Å². The van der Waals surface area contributed by atoms with Gasteiger partial charge < -0.3 is 10.6 Å². The van der Waals surface area contributed by atoms with Crippen LogP contribution in [0.15, 0.2) is 48.5 Å². The molecule has 0 saturated carbocycles. The number of halogens is 1. The molecule has 0 bridgehead atoms. The van der Waals surface area contributed by atoms with Crippen molar-refractivity contribution in [3.05, 3.63) is 70.5 Å². The Labute approximate surface area is 187 Å². The Morgan fingerprint density at radius 3 is 2.50 bits per heavy atom. The van der Waals surface area contributed by atoms with E-state index in [1.165, 1.54) is 11.3 Å². The molecule has 2 heterocycles. The Hall–Kier alpha value is -2.88. The van der Waals surface area contributed by atoms with Crippen LogP contribution in [0.1, 0.15) is 17.0 Å². The molecule has 0 unspecified atom stereocenters. The minimum atomic E-state index is -0.177. The standard InChI is InChI=1S/C20H17ClN6OS2/c1-12-24-25-20-27(12)26-18(30-20)15-6-2-14(3-7-15)11-22-19(29)23-17(28)10-13-4-8-16(21)9-5-13/h2-9H,10-11H2,1H3,(H2,22,23,28,29). The van der Waals surface area contributed by atoms with Gasteiger partial charge >= 0.3 is 0 Å². The zero-order chi connectivity index (χ0) is 21.1. The summed E-state index contributed by atoms with van der Waals surface area (Å²) in [7, 11) is 0. The van der Waals surface area contributed by atoms with Gasteiger partial charge in [-0.3, -0.25) is 4.79 Å². The second-order valence-corrected chi connectivity index (χ2v) is 8.38. The van der Waals surface area contributed by atoms with Crippen LogP contribution in [0.25, 0.3) is 15.5 Å². The largest absolute Gasteiger partial charge is 0.358 e. The van der Waals surface area contributed by atoms with Crippen LogP contribution < -0.4 is 10.6 Å². The van der Waals surface area contributed by atoms with E-state index in [1.807, 2.05) is 43.3 Å². The van der Waals surface area contributed by atoms with E-state index in [4.69, 9.17) is 23.8 Å². The predicted octanol–water partition coefficient (Wildman–Crippen LogP) is 3.55. The first kappa shape index (κ1) is 20.4. The van der Waals surface area contributed by atoms with Gasteiger partial charge in [-0.25, -0.2) is 0 Å². The van der Waals surface area contributed by atoms with Crippen LogP contribution >= 0.6 is 35.2 Å². The lowest BCUT2D eigenvalue weighted by molar-refractivity contribution is -0.119. The number of nitrogens with zero attached hydrogens (tertiary/aromatic N) is 4. The number of hydrogen-bond acceptors (Lipinski definition) is 6. The van der Waals surface area contributed by atoms with Gasteiger partial charge in [0.25, 0.3) is 0 Å². The number of aryl methyl sites for hydroxylation is 1. The second kappa shape index (κ2) is 8.86. The third-order valence-electron chi connectivity index (χ3n) is 4.33. The van der Waals surface area contributed by atoms with E-state index >= 15 is 0 Å². The van der Waals surface area contributed by atoms with Gasteiger partial charge in [-0.15, -0.1) is 10.2 Å². The van der Waals surface area contributed by atoms with Gasteiger partial charge in [0.05, 0.1) is 6.42 Å². The van der Waals surface area contributed by atoms with E-state index < -0.39 is 0 Å². The molecule has 0 spiro atoms. The zero-order valence-corrected chi connectivity index (χ0v) is 18.3. The summed E-state index contributed by atoms with van der Waals surface area (Å²) in [4.78, 5) is 12.9. The summed E-state index contributed by atoms with van der Waals surface area (Å²) in [6.07, 6.45) is 0.236. The Morgan fingerprint density at radius 1 is 1.10 bits per heavy atom. The highest BCUT2D eigenvalue weighted by molar-refractivity contribution is 7.80. The van der Waals surface area contributed by atoms with Gasteiger partial charge in [0.2, 0.25) is 10.9 Å². The fourth-order valence-corrected chi connectivity index (χ4v) is 3.98. The van der Waals surface area contributed by atoms with Crippen LogP contribution in [0, 0.1) is 6.92 Å². The lowest BCUT2D eigenvalue weighted by Gasteiger charge is -2.10. The summed E-state index contributed by atoms with van der Waals surface area (Å²) in [6.45, 7) is 2.37. The molecule has 0 aliphatic heterocycles. The van der Waals surface area contributed by atoms with E-state index in [9.17, 15) is 4.79 Å². The van der Waals surface area contributed by atoms with Crippen LogP contribution in [0.3, 0.4) is 0 Å². The molecule has 0 radical (unpaired) electrons. The van der Waals surface area contributed by atoms with Crippen molar-refractivity contribution < 1.29 is 4.79 Å². The number of rotatable bonds is 5. The number of nitrogens with one attached hydrogen (secondary N) is 2. The van der Waals surface area contributed by atoms with Crippen LogP contribution in [0.2, 0.25) is 5.02 Å². The van der Waals surface area contributed by atoms with Crippen molar-refractivity contribution in [2.75, 3.05) is 0 Å². The van der Waals surface area contributed by atoms with Crippen LogP contribution in [0.4, 0.5) is 0 Å². The average Bonchev–Trinajstić information content (AvgIpc) is 3.31. The first-order valence-electron chi connectivity index (χ1n) is 9.08. The fourth-order valence-electron chi connectivity index (χ4n) is 2.78. The molecule has 1 amide bonds. The molecule has 2 aromatic heterocycles. The minimum absolute atomic E-state index is 0.177. The molecule has 0 aliphatic rings.